The Morgan fingerprint density at radius 1 is 0.0923 bits per heavy atom. The van der Waals surface area contributed by atoms with E-state index in [1.807, 2.05) is 0 Å². The lowest BCUT2D eigenvalue weighted by molar-refractivity contribution is 1.62. The first kappa shape index (κ1) is 29.1. The summed E-state index contributed by atoms with van der Waals surface area (Å²) in [7, 11) is 0. The third-order valence-electron chi connectivity index (χ3n) is 19.9. The van der Waals surface area contributed by atoms with Crippen molar-refractivity contribution in [2.24, 2.45) is 0 Å². The minimum atomic E-state index is -1.16. The molecule has 25 aromatic carbocycles. The second kappa shape index (κ2) is 34.2. The molecular formula is C130H86. The van der Waals surface area contributed by atoms with Crippen LogP contribution < -0.4 is 0 Å². The van der Waals surface area contributed by atoms with Crippen molar-refractivity contribution in [1.82, 2.24) is 0 Å². The lowest BCUT2D eigenvalue weighted by Crippen LogP contribution is -1.92. The van der Waals surface area contributed by atoms with Crippen LogP contribution in [0.1, 0.15) is 118 Å². The molecule has 0 spiro atoms. The predicted octanol–water partition coefficient (Wildman–Crippen LogP) is 36.6. The maximum atomic E-state index is 10.1. The summed E-state index contributed by atoms with van der Waals surface area (Å²) in [4.78, 5) is 0. The van der Waals surface area contributed by atoms with Crippen molar-refractivity contribution in [2.75, 3.05) is 0 Å². The van der Waals surface area contributed by atoms with Crippen LogP contribution in [0.25, 0.3) is 241 Å². The van der Waals surface area contributed by atoms with Gasteiger partial charge in [-0.2, -0.15) is 0 Å². The van der Waals surface area contributed by atoms with Gasteiger partial charge in [-0.25, -0.2) is 0 Å². The van der Waals surface area contributed by atoms with Crippen LogP contribution in [0.3, 0.4) is 0 Å². The Labute approximate surface area is 878 Å². The minimum Gasteiger partial charge on any atom is -0.0622 e. The zero-order valence-corrected chi connectivity index (χ0v) is 65.0. The van der Waals surface area contributed by atoms with Gasteiger partial charge in [-0.1, -0.05) is 483 Å². The van der Waals surface area contributed by atoms with E-state index < -0.39 is 761 Å². The highest BCUT2D eigenvalue weighted by atomic mass is 14.3. The van der Waals surface area contributed by atoms with Gasteiger partial charge in [0, 0.05) is 0 Å². The topological polar surface area (TPSA) is 0 Å². The largest absolute Gasteiger partial charge is 0.0636 e. The first-order valence-electron chi connectivity index (χ1n) is 81.0. The average Bonchev–Trinajstić information content (AvgIpc) is 0.682. The van der Waals surface area contributed by atoms with Crippen LogP contribution in [0.4, 0.5) is 0 Å². The van der Waals surface area contributed by atoms with Crippen LogP contribution in [0.5, 0.6) is 0 Å². The van der Waals surface area contributed by atoms with Gasteiger partial charge in [0.2, 0.25) is 0 Å². The fourth-order valence-corrected chi connectivity index (χ4v) is 14.3. The van der Waals surface area contributed by atoms with Gasteiger partial charge < -0.3 is 0 Å². The molecule has 0 saturated heterocycles. The summed E-state index contributed by atoms with van der Waals surface area (Å²) >= 11 is 0. The van der Waals surface area contributed by atoms with Crippen molar-refractivity contribution in [2.45, 2.75) is 0 Å². The van der Waals surface area contributed by atoms with Crippen LogP contribution in [0.15, 0.2) is 520 Å². The van der Waals surface area contributed by atoms with E-state index in [4.69, 9.17) is 80.9 Å². The zero-order chi connectivity index (χ0) is 161. The van der Waals surface area contributed by atoms with Crippen LogP contribution >= 0.6 is 0 Å². The fourth-order valence-electron chi connectivity index (χ4n) is 14.3. The maximum Gasteiger partial charge on any atom is 0.0636 e. The molecule has 0 aliphatic heterocycles. The van der Waals surface area contributed by atoms with Gasteiger partial charge in [-0.05, 0) is 278 Å². The fraction of sp³-hybridized carbons (Fsp3) is 0. The lowest BCUT2D eigenvalue weighted by atomic mass is 9.84. The molecule has 0 bridgehead atoms. The van der Waals surface area contributed by atoms with Gasteiger partial charge in [0.1, 0.15) is 0 Å². The van der Waals surface area contributed by atoms with Crippen LogP contribution in [0, 0.1) is 0 Å². The molecule has 0 fully saturated rings. The minimum absolute atomic E-state index is 0.550. The molecule has 0 aliphatic rings. The van der Waals surface area contributed by atoms with Gasteiger partial charge in [0.05, 0.1) is 118 Å². The molecule has 25 aromatic rings. The van der Waals surface area contributed by atoms with E-state index in [0.29, 0.717) is 0 Å². The molecule has 0 aromatic heterocycles. The molecule has 0 N–H and O–H groups in total. The highest BCUT2D eigenvalue weighted by Gasteiger charge is 2.23. The SMILES string of the molecule is [2H]c1c([2H])c([2H])c(-c2c([2H])c([2H])c3c(-c4c([2H])c([2H])c(-c5c([2H])c([2H])c6c([2H])c([2H])c([2H])c([2H])c6c5[2H])c([2H])c4[2H])c4c([2H])c([2H])c([2H])c([2H])c4c(-c4c([2H])c([2H])c([2H])c([2H])c4[2H])c3c2[2H])c([2H])c1[2H].[2H]c1c([2H])c([2H])c(-c2c([2H])c([2H])c3c(-c4c([2H])c([2H])c([2H])c([2H])c4[2H])c4c([2H])c([2H])c([2H])c([2H])c4c(-c4c([2H])c([2H])c(-c5c([2H])c([2H])c6c([2H])c([2H])c([2H])c([2H])c6c5[2H])c([2H])c4[2H])c3c2[2H])c([2H])c1[2H].[2H]c1c([2H])c([2H])c(-c2c3c([2H])c([2H])c([2H])c([2H])c3c(-c3c([2H])c([2H])c(-c4c([2H])c([2H])c5c([2H])c([2H])c([2H])c([2H])c5c4[2H])c([2H])c3[2H])c3c([2H])c([2H])c(-c4c([2H])c([2H])c([2H])c5c([2H])c([2H])c([2H])c([2H])c45)c([2H])c23)c([2H])c1[2H]. The normalized spacial score (nSPS) is 20.6. The lowest BCUT2D eigenvalue weighted by Gasteiger charge is -2.19. The predicted molar refractivity (Wildman–Crippen MR) is 560 cm³/mol. The number of benzene rings is 25. The van der Waals surface area contributed by atoms with Crippen LogP contribution in [0.2, 0.25) is 0 Å². The van der Waals surface area contributed by atoms with E-state index >= 15 is 0 Å². The molecule has 0 heterocycles. The summed E-state index contributed by atoms with van der Waals surface area (Å²) < 4.78 is 766. The third kappa shape index (κ3) is 14.8. The maximum absolute atomic E-state index is 10.1. The Morgan fingerprint density at radius 2 is 0.277 bits per heavy atom. The molecule has 0 aliphatic carbocycles. The quantitative estimate of drug-likeness (QED) is 0.107. The average molecular weight is 1730 g/mol. The van der Waals surface area contributed by atoms with Crippen molar-refractivity contribution in [3.8, 4) is 134 Å². The molecule has 25 rings (SSSR count). The second-order valence-corrected chi connectivity index (χ2v) is 27.2. The van der Waals surface area contributed by atoms with E-state index in [1.54, 1.807) is 0 Å². The highest BCUT2D eigenvalue weighted by molar-refractivity contribution is 6.25. The molecule has 0 heteroatoms. The van der Waals surface area contributed by atoms with E-state index in [0.717, 1.165) is 0 Å². The Balaban J connectivity index is 0.000000164. The van der Waals surface area contributed by atoms with Gasteiger partial charge in [0.25, 0.3) is 0 Å². The van der Waals surface area contributed by atoms with Crippen LogP contribution in [-0.2, 0) is 0 Å². The summed E-state index contributed by atoms with van der Waals surface area (Å²) in [5, 5.41) is -14.6. The second-order valence-electron chi connectivity index (χ2n) is 27.2. The molecule has 0 saturated carbocycles. The summed E-state index contributed by atoms with van der Waals surface area (Å²) in [6.07, 6.45) is 0. The van der Waals surface area contributed by atoms with Gasteiger partial charge in [0.15, 0.2) is 0 Å². The Bertz CT molecular complexity index is 14100. The first-order valence-corrected chi connectivity index (χ1v) is 38.0. The van der Waals surface area contributed by atoms with E-state index in [9.17, 15) is 37.0 Å². The third-order valence-corrected chi connectivity index (χ3v) is 19.9. The molecule has 0 radical (unpaired) electrons. The van der Waals surface area contributed by atoms with E-state index in [2.05, 4.69) is 0 Å². The van der Waals surface area contributed by atoms with E-state index in [1.165, 1.54) is 0 Å². The Kier molecular flexibility index (Phi) is 7.65. The standard InChI is InChI=1S/C46H30.2C42H28/c1-2-13-34(14-3-1)46-42-19-9-8-18-41(42)45(35-24-21-32(22-25-35)37-26-23-31-11-4-5-15-36(31)29-37)43-28-27-38(30-44(43)46)40-20-10-16-33-12-6-7-17-39(33)40;1-3-11-29(12-4-1)36-25-26-39-40(28-36)42(32-14-5-2-6-15-32)38-18-10-9-17-37(38)41(39)33-22-19-31(20-23-33)35-24-21-30-13-7-8-16-34(30)27-35;1-3-11-29(12-4-1)36-25-26-39-40(28-36)42(38-18-10-9-17-37(38)41(39)32-14-5-2-6-15-32)33-22-19-31(20-23-33)35-24-21-30-13-7-8-16-34(30)27-35/h1-30H;2*1-28H/i1D,2D,3D,4D,5D,6D,7D,8D,9D,10D,11D,12D,13D,14D,15D,16D,17D,18D,19D,20D,21D,22D,23D,24D,25D,26D,27D,28D,29D,30D;2*1D,2D,3D,4D,5D,6D,7D,8D,9D,10D,11D,12D,13D,14D,15D,16D,17D,18D,19D,20D,21D,22D,23D,24D,25D,26D,27D,28D. The van der Waals surface area contributed by atoms with Crippen LogP contribution in [-0.4, -0.2) is 0 Å². The molecule has 0 unspecified atom stereocenters. The molecule has 606 valence electrons. The summed E-state index contributed by atoms with van der Waals surface area (Å²) in [5.41, 5.74) is -20.3. The molecule has 0 nitrogen and oxygen atoms in total. The summed E-state index contributed by atoms with van der Waals surface area (Å²) in [6.45, 7) is 0. The Hall–Kier alpha value is -16.9. The summed E-state index contributed by atoms with van der Waals surface area (Å²) in [5.74, 6) is 0. The van der Waals surface area contributed by atoms with E-state index in [-0.39, 0.29) is 0 Å². The highest BCUT2D eigenvalue weighted by Crippen LogP contribution is 2.50. The molecular weight excluding hydrogens is 1560 g/mol. The van der Waals surface area contributed by atoms with Gasteiger partial charge in [-0.3, -0.25) is 0 Å². The number of hydrogen-bond acceptors (Lipinski definition) is 0. The molecule has 130 heavy (non-hydrogen) atoms. The number of hydrogen-bond donors (Lipinski definition) is 0. The first-order chi connectivity index (χ1) is 100. The van der Waals surface area contributed by atoms with Gasteiger partial charge >= 0.3 is 0 Å². The summed E-state index contributed by atoms with van der Waals surface area (Å²) in [6, 6.07) is -84.7. The number of fused-ring (bicyclic) bond motifs is 10. The van der Waals surface area contributed by atoms with Crippen molar-refractivity contribution in [3.05, 3.63) is 520 Å². The Morgan fingerprint density at radius 3 is 0.592 bits per heavy atom. The number of rotatable bonds is 12. The van der Waals surface area contributed by atoms with Crippen molar-refractivity contribution >= 4 is 108 Å². The molecule has 0 amide bonds. The smallest absolute Gasteiger partial charge is 0.0622 e. The van der Waals surface area contributed by atoms with Crippen molar-refractivity contribution in [3.63, 3.8) is 0 Å². The monoisotopic (exact) mass is 1730 g/mol. The molecule has 0 atom stereocenters. The zero-order valence-electron chi connectivity index (χ0n) is 151. The van der Waals surface area contributed by atoms with Gasteiger partial charge in [-0.15, -0.1) is 0 Å². The van der Waals surface area contributed by atoms with Crippen molar-refractivity contribution in [1.29, 1.82) is 0 Å². The van der Waals surface area contributed by atoms with Crippen molar-refractivity contribution < 1.29 is 118 Å².